The molecule has 0 fully saturated rings. The van der Waals surface area contributed by atoms with Crippen LogP contribution < -0.4 is 34.7 Å². The number of carbonyl (C=O) groups is 2. The summed E-state index contributed by atoms with van der Waals surface area (Å²) in [6, 6.07) is 0. The van der Waals surface area contributed by atoms with Gasteiger partial charge < -0.3 is 24.6 Å². The fraction of sp³-hybridized carbons (Fsp3) is 0.800. The molecule has 0 unspecified atom stereocenters. The van der Waals surface area contributed by atoms with Crippen molar-refractivity contribution >= 4 is 12.1 Å². The monoisotopic (exact) mass is 255 g/mol. The molecular weight excluding hydrogens is 237 g/mol. The Morgan fingerprint density at radius 2 is 1.88 bits per heavy atom. The second-order valence-electron chi connectivity index (χ2n) is 4.53. The van der Waals surface area contributed by atoms with Gasteiger partial charge in [0, 0.05) is 13.6 Å². The van der Waals surface area contributed by atoms with Crippen LogP contribution in [0.4, 0.5) is 4.79 Å². The summed E-state index contributed by atoms with van der Waals surface area (Å²) in [7, 11) is 1.47. The molecule has 0 rings (SSSR count). The van der Waals surface area contributed by atoms with Gasteiger partial charge in [-0.25, -0.2) is 4.79 Å². The molecule has 0 aliphatic carbocycles. The summed E-state index contributed by atoms with van der Waals surface area (Å²) < 4.78 is 5.03. The van der Waals surface area contributed by atoms with Gasteiger partial charge in [0.1, 0.15) is 5.60 Å². The van der Waals surface area contributed by atoms with E-state index >= 15 is 0 Å². The van der Waals surface area contributed by atoms with Gasteiger partial charge in [-0.15, -0.1) is 0 Å². The van der Waals surface area contributed by atoms with E-state index in [1.807, 2.05) is 0 Å². The van der Waals surface area contributed by atoms with Crippen molar-refractivity contribution in [2.24, 2.45) is 0 Å². The van der Waals surface area contributed by atoms with Crippen LogP contribution in [0.2, 0.25) is 0 Å². The summed E-state index contributed by atoms with van der Waals surface area (Å²) in [5.41, 5.74) is -0.599. The molecule has 6 nitrogen and oxygen atoms in total. The predicted octanol–water partition coefficient (Wildman–Crippen LogP) is -3.64. The van der Waals surface area contributed by atoms with Crippen LogP contribution in [0.25, 0.3) is 0 Å². The van der Waals surface area contributed by atoms with Crippen LogP contribution >= 0.6 is 0 Å². The van der Waals surface area contributed by atoms with Gasteiger partial charge >= 0.3 is 35.7 Å². The number of aliphatic hydroxyl groups is 1. The normalized spacial score (nSPS) is 12.3. The Bertz CT molecular complexity index is 264. The van der Waals surface area contributed by atoms with Crippen molar-refractivity contribution in [1.29, 1.82) is 0 Å². The fourth-order valence-corrected chi connectivity index (χ4v) is 0.865. The number of carboxylic acid groups (broad SMARTS) is 1. The minimum atomic E-state index is -1.56. The number of amides is 1. The molecule has 0 aromatic heterocycles. The first kappa shape index (κ1) is 19.0. The predicted molar refractivity (Wildman–Crippen MR) is 54.5 cm³/mol. The molecule has 0 aliphatic rings. The van der Waals surface area contributed by atoms with Gasteiger partial charge in [0.15, 0.2) is 0 Å². The molecule has 0 spiro atoms. The third-order valence-electron chi connectivity index (χ3n) is 1.72. The topological polar surface area (TPSA) is 89.9 Å². The van der Waals surface area contributed by atoms with Crippen LogP contribution in [0, 0.1) is 0 Å². The molecule has 17 heavy (non-hydrogen) atoms. The molecule has 94 valence electrons. The molecule has 0 aliphatic heterocycles. The standard InChI is InChI=1S/C10H19NO5.Na/c1-10(2,3)16-9(15)11(4)6-5-7(12)8(13)14;/h7,12H,5-6H2,1-4H3,(H,13,14);/q;+1/p-1/t7-;/m0./s1. The molecule has 7 heteroatoms. The van der Waals surface area contributed by atoms with E-state index in [2.05, 4.69) is 0 Å². The summed E-state index contributed by atoms with van der Waals surface area (Å²) in [6.45, 7) is 5.28. The van der Waals surface area contributed by atoms with Crippen LogP contribution in [0.15, 0.2) is 0 Å². The van der Waals surface area contributed by atoms with Gasteiger partial charge in [0.25, 0.3) is 0 Å². The second-order valence-corrected chi connectivity index (χ2v) is 4.53. The Hall–Kier alpha value is -0.300. The van der Waals surface area contributed by atoms with Crippen LogP contribution in [0.5, 0.6) is 0 Å². The smallest absolute Gasteiger partial charge is 0.547 e. The van der Waals surface area contributed by atoms with Gasteiger partial charge in [-0.2, -0.15) is 0 Å². The van der Waals surface area contributed by atoms with Crippen LogP contribution in [0.1, 0.15) is 27.2 Å². The van der Waals surface area contributed by atoms with E-state index in [-0.39, 0.29) is 42.5 Å². The maximum Gasteiger partial charge on any atom is 1.00 e. The number of carboxylic acids is 1. The number of nitrogens with zero attached hydrogens (tertiary/aromatic N) is 1. The third-order valence-corrected chi connectivity index (χ3v) is 1.72. The molecule has 0 saturated carbocycles. The first-order chi connectivity index (χ1) is 7.13. The number of rotatable bonds is 4. The van der Waals surface area contributed by atoms with Crippen molar-refractivity contribution in [3.05, 3.63) is 0 Å². The van der Waals surface area contributed by atoms with Gasteiger partial charge in [0.2, 0.25) is 0 Å². The van der Waals surface area contributed by atoms with Crippen molar-refractivity contribution in [3.63, 3.8) is 0 Å². The van der Waals surface area contributed by atoms with E-state index in [4.69, 9.17) is 9.84 Å². The molecule has 1 N–H and O–H groups in total. The molecule has 0 bridgehead atoms. The Morgan fingerprint density at radius 1 is 1.41 bits per heavy atom. The molecule has 0 radical (unpaired) electrons. The molecular formula is C10H18NNaO5. The van der Waals surface area contributed by atoms with E-state index in [1.54, 1.807) is 20.8 Å². The summed E-state index contributed by atoms with van der Waals surface area (Å²) >= 11 is 0. The van der Waals surface area contributed by atoms with Crippen molar-refractivity contribution in [2.75, 3.05) is 13.6 Å². The summed E-state index contributed by atoms with van der Waals surface area (Å²) in [6.07, 6.45) is -2.21. The molecule has 0 aromatic carbocycles. The number of hydrogen-bond donors (Lipinski definition) is 1. The number of aliphatic carboxylic acids is 1. The Kier molecular flexibility index (Phi) is 8.87. The zero-order chi connectivity index (χ0) is 12.9. The zero-order valence-corrected chi connectivity index (χ0v) is 13.0. The average Bonchev–Trinajstić information content (AvgIpc) is 2.10. The summed E-state index contributed by atoms with van der Waals surface area (Å²) in [5, 5.41) is 19.2. The van der Waals surface area contributed by atoms with Crippen molar-refractivity contribution in [1.82, 2.24) is 4.90 Å². The van der Waals surface area contributed by atoms with Crippen LogP contribution in [0.3, 0.4) is 0 Å². The number of aliphatic hydroxyl groups excluding tert-OH is 1. The van der Waals surface area contributed by atoms with E-state index < -0.39 is 23.8 Å². The van der Waals surface area contributed by atoms with Gasteiger partial charge in [-0.3, -0.25) is 0 Å². The van der Waals surface area contributed by atoms with Crippen molar-refractivity contribution < 1.29 is 54.1 Å². The van der Waals surface area contributed by atoms with E-state index in [9.17, 15) is 14.7 Å². The Labute approximate surface area is 123 Å². The molecule has 1 amide bonds. The first-order valence-corrected chi connectivity index (χ1v) is 4.96. The Morgan fingerprint density at radius 3 is 2.24 bits per heavy atom. The van der Waals surface area contributed by atoms with E-state index in [0.717, 1.165) is 0 Å². The number of ether oxygens (including phenoxy) is 1. The second kappa shape index (κ2) is 7.92. The average molecular weight is 255 g/mol. The molecule has 1 atom stereocenters. The minimum absolute atomic E-state index is 0. The van der Waals surface area contributed by atoms with E-state index in [0.29, 0.717) is 0 Å². The molecule has 0 heterocycles. The molecule has 0 aromatic rings. The summed E-state index contributed by atoms with van der Waals surface area (Å²) in [4.78, 5) is 22.8. The molecule has 0 saturated heterocycles. The largest absolute Gasteiger partial charge is 1.00 e. The maximum atomic E-state index is 11.4. The minimum Gasteiger partial charge on any atom is -0.547 e. The zero-order valence-electron chi connectivity index (χ0n) is 11.0. The van der Waals surface area contributed by atoms with Gasteiger partial charge in [-0.05, 0) is 27.2 Å². The third kappa shape index (κ3) is 9.41. The van der Waals surface area contributed by atoms with Crippen molar-refractivity contribution in [3.8, 4) is 0 Å². The quantitative estimate of drug-likeness (QED) is 0.523. The fourth-order valence-electron chi connectivity index (χ4n) is 0.865. The van der Waals surface area contributed by atoms with Gasteiger partial charge in [-0.1, -0.05) is 0 Å². The van der Waals surface area contributed by atoms with Gasteiger partial charge in [0.05, 0.1) is 12.1 Å². The van der Waals surface area contributed by atoms with Crippen LogP contribution in [-0.4, -0.2) is 47.4 Å². The number of carbonyl (C=O) groups excluding carboxylic acids is 2. The first-order valence-electron chi connectivity index (χ1n) is 4.96. The Balaban J connectivity index is 0. The van der Waals surface area contributed by atoms with Crippen molar-refractivity contribution in [2.45, 2.75) is 38.9 Å². The van der Waals surface area contributed by atoms with Crippen LogP contribution in [-0.2, 0) is 9.53 Å². The SMILES string of the molecule is CN(CC[C@H](O)C(=O)[O-])C(=O)OC(C)(C)C.[Na+]. The number of hydrogen-bond acceptors (Lipinski definition) is 5. The maximum absolute atomic E-state index is 11.4. The van der Waals surface area contributed by atoms with E-state index in [1.165, 1.54) is 11.9 Å². The summed E-state index contributed by atoms with van der Waals surface area (Å²) in [5.74, 6) is -1.54.